The van der Waals surface area contributed by atoms with Gasteiger partial charge >= 0.3 is 0 Å². The number of aliphatic hydroxyl groups is 1. The minimum Gasteiger partial charge on any atom is -0.453 e. The molecule has 0 heterocycles. The van der Waals surface area contributed by atoms with Crippen LogP contribution in [0.2, 0.25) is 0 Å². The van der Waals surface area contributed by atoms with Crippen LogP contribution in [-0.4, -0.2) is 35.1 Å². The van der Waals surface area contributed by atoms with Crippen molar-refractivity contribution < 1.29 is 14.5 Å². The maximum atomic E-state index is 10.7. The first-order valence-electron chi connectivity index (χ1n) is 9.96. The van der Waals surface area contributed by atoms with Gasteiger partial charge in [-0.05, 0) is 61.5 Å². The summed E-state index contributed by atoms with van der Waals surface area (Å²) >= 11 is 0. The maximum Gasteiger partial charge on any atom is 0.165 e. The van der Waals surface area contributed by atoms with Crippen LogP contribution in [-0.2, 0) is 12.8 Å². The van der Waals surface area contributed by atoms with Crippen LogP contribution < -0.4 is 9.84 Å². The Kier molecular flexibility index (Phi) is 8.18. The SMILES string of the molecule is C=P(O)(CCc1ccc(NC)cc1)Oc1cccc(CC(C)(O)CCCC)c1. The van der Waals surface area contributed by atoms with Crippen LogP contribution in [0.5, 0.6) is 5.75 Å². The second kappa shape index (κ2) is 10.2. The van der Waals surface area contributed by atoms with Crippen LogP contribution in [0.15, 0.2) is 48.5 Å². The van der Waals surface area contributed by atoms with Gasteiger partial charge in [0.25, 0.3) is 0 Å². The number of hydrogen-bond acceptors (Lipinski definition) is 4. The van der Waals surface area contributed by atoms with E-state index in [1.165, 1.54) is 0 Å². The van der Waals surface area contributed by atoms with Crippen molar-refractivity contribution in [2.24, 2.45) is 0 Å². The monoisotopic (exact) mass is 403 g/mol. The molecule has 3 N–H and O–H groups in total. The van der Waals surface area contributed by atoms with E-state index in [2.05, 4.69) is 18.5 Å². The van der Waals surface area contributed by atoms with Crippen molar-refractivity contribution in [1.29, 1.82) is 0 Å². The molecule has 0 fully saturated rings. The molecule has 0 aromatic heterocycles. The summed E-state index contributed by atoms with van der Waals surface area (Å²) in [6.07, 6.45) is 8.55. The third-order valence-corrected chi connectivity index (χ3v) is 6.29. The number of anilines is 1. The number of unbranched alkanes of at least 4 members (excludes halogenated alkanes) is 1. The van der Waals surface area contributed by atoms with E-state index in [1.807, 2.05) is 62.5 Å². The molecule has 0 spiro atoms. The lowest BCUT2D eigenvalue weighted by Crippen LogP contribution is -2.26. The Hall–Kier alpha value is -1.74. The molecule has 2 rings (SSSR count). The maximum absolute atomic E-state index is 10.7. The molecular weight excluding hydrogens is 369 g/mol. The Labute approximate surface area is 169 Å². The van der Waals surface area contributed by atoms with Gasteiger partial charge in [0.1, 0.15) is 5.75 Å². The number of rotatable bonds is 11. The minimum atomic E-state index is -2.77. The van der Waals surface area contributed by atoms with Gasteiger partial charge in [0.05, 0.1) is 5.60 Å². The van der Waals surface area contributed by atoms with E-state index in [1.54, 1.807) is 0 Å². The van der Waals surface area contributed by atoms with Crippen molar-refractivity contribution in [3.8, 4) is 5.75 Å². The van der Waals surface area contributed by atoms with E-state index in [0.717, 1.165) is 36.1 Å². The highest BCUT2D eigenvalue weighted by Crippen LogP contribution is 2.42. The van der Waals surface area contributed by atoms with Gasteiger partial charge in [-0.3, -0.25) is 0 Å². The standard InChI is InChI=1S/C23H34NO3P/c1-5-6-15-23(2,25)18-20-8-7-9-22(17-20)27-28(4,26)16-14-19-10-12-21(24-3)13-11-19/h7-13,17,24-26H,4-6,14-16,18H2,1-3H3. The predicted octanol–water partition coefficient (Wildman–Crippen LogP) is 5.11. The Morgan fingerprint density at radius 2 is 1.86 bits per heavy atom. The molecule has 4 nitrogen and oxygen atoms in total. The lowest BCUT2D eigenvalue weighted by molar-refractivity contribution is 0.0490. The van der Waals surface area contributed by atoms with Crippen molar-refractivity contribution >= 4 is 19.3 Å². The fraction of sp³-hybridized carbons (Fsp3) is 0.435. The molecule has 0 radical (unpaired) electrons. The van der Waals surface area contributed by atoms with Gasteiger partial charge in [0, 0.05) is 25.3 Å². The van der Waals surface area contributed by atoms with Crippen molar-refractivity contribution in [2.45, 2.75) is 51.6 Å². The molecule has 2 unspecified atom stereocenters. The molecule has 0 bridgehead atoms. The number of benzene rings is 2. The summed E-state index contributed by atoms with van der Waals surface area (Å²) in [5.74, 6) is 0.611. The lowest BCUT2D eigenvalue weighted by Gasteiger charge is -2.24. The average molecular weight is 404 g/mol. The Balaban J connectivity index is 1.96. The summed E-state index contributed by atoms with van der Waals surface area (Å²) in [5, 5.41) is 13.7. The summed E-state index contributed by atoms with van der Waals surface area (Å²) in [6.45, 7) is 4.00. The molecule has 2 aromatic rings. The largest absolute Gasteiger partial charge is 0.453 e. The zero-order chi connectivity index (χ0) is 20.6. The van der Waals surface area contributed by atoms with Gasteiger partial charge in [0.2, 0.25) is 0 Å². The van der Waals surface area contributed by atoms with Gasteiger partial charge in [-0.25, -0.2) is 0 Å². The highest BCUT2D eigenvalue weighted by molar-refractivity contribution is 7.63. The molecule has 5 heteroatoms. The van der Waals surface area contributed by atoms with Gasteiger partial charge < -0.3 is 19.8 Å². The fourth-order valence-electron chi connectivity index (χ4n) is 3.18. The minimum absolute atomic E-state index is 0.490. The van der Waals surface area contributed by atoms with E-state index in [4.69, 9.17) is 4.52 Å². The van der Waals surface area contributed by atoms with Crippen LogP contribution in [0.1, 0.15) is 44.2 Å². The van der Waals surface area contributed by atoms with Crippen LogP contribution in [0.25, 0.3) is 0 Å². The average Bonchev–Trinajstić information content (AvgIpc) is 2.65. The molecule has 0 saturated heterocycles. The third kappa shape index (κ3) is 7.71. The zero-order valence-corrected chi connectivity index (χ0v) is 18.2. The quantitative estimate of drug-likeness (QED) is 0.457. The molecule has 28 heavy (non-hydrogen) atoms. The topological polar surface area (TPSA) is 61.7 Å². The molecule has 0 aliphatic rings. The Morgan fingerprint density at radius 3 is 2.50 bits per heavy atom. The lowest BCUT2D eigenvalue weighted by atomic mass is 9.91. The van der Waals surface area contributed by atoms with Crippen LogP contribution in [0, 0.1) is 0 Å². The molecule has 0 saturated carbocycles. The highest BCUT2D eigenvalue weighted by atomic mass is 31.2. The first-order valence-corrected chi connectivity index (χ1v) is 12.0. The van der Waals surface area contributed by atoms with Crippen molar-refractivity contribution in [1.82, 2.24) is 0 Å². The number of nitrogens with one attached hydrogen (secondary N) is 1. The second-order valence-electron chi connectivity index (χ2n) is 7.78. The first kappa shape index (κ1) is 22.5. The predicted molar refractivity (Wildman–Crippen MR) is 122 cm³/mol. The van der Waals surface area contributed by atoms with E-state index < -0.39 is 12.9 Å². The fourth-order valence-corrected chi connectivity index (χ4v) is 4.39. The third-order valence-electron chi connectivity index (χ3n) is 4.82. The van der Waals surface area contributed by atoms with Crippen LogP contribution in [0.3, 0.4) is 0 Å². The van der Waals surface area contributed by atoms with Crippen LogP contribution in [0.4, 0.5) is 5.69 Å². The molecular formula is C23H34NO3P. The van der Waals surface area contributed by atoms with Crippen LogP contribution >= 0.6 is 7.34 Å². The molecule has 0 aliphatic carbocycles. The molecule has 2 aromatic carbocycles. The molecule has 0 aliphatic heterocycles. The summed E-state index contributed by atoms with van der Waals surface area (Å²) < 4.78 is 5.87. The Morgan fingerprint density at radius 1 is 1.14 bits per heavy atom. The summed E-state index contributed by atoms with van der Waals surface area (Å²) in [5.41, 5.74) is 2.47. The van der Waals surface area contributed by atoms with Gasteiger partial charge in [-0.15, -0.1) is 0 Å². The van der Waals surface area contributed by atoms with Crippen molar-refractivity contribution in [3.63, 3.8) is 0 Å². The summed E-state index contributed by atoms with van der Waals surface area (Å²) in [4.78, 5) is 10.7. The smallest absolute Gasteiger partial charge is 0.165 e. The van der Waals surface area contributed by atoms with Gasteiger partial charge in [-0.2, -0.15) is 0 Å². The van der Waals surface area contributed by atoms with Crippen molar-refractivity contribution in [3.05, 3.63) is 59.7 Å². The van der Waals surface area contributed by atoms with E-state index in [9.17, 15) is 10.00 Å². The first-order chi connectivity index (χ1) is 13.2. The highest BCUT2D eigenvalue weighted by Gasteiger charge is 2.21. The molecule has 0 amide bonds. The molecule has 154 valence electrons. The summed E-state index contributed by atoms with van der Waals surface area (Å²) in [6, 6.07) is 15.7. The van der Waals surface area contributed by atoms with Gasteiger partial charge in [0.15, 0.2) is 7.34 Å². The van der Waals surface area contributed by atoms with Crippen molar-refractivity contribution in [2.75, 3.05) is 18.5 Å². The van der Waals surface area contributed by atoms with E-state index in [0.29, 0.717) is 24.8 Å². The van der Waals surface area contributed by atoms with E-state index >= 15 is 0 Å². The molecule has 2 atom stereocenters. The number of hydrogen-bond donors (Lipinski definition) is 3. The Bertz CT molecular complexity index is 787. The second-order valence-corrected chi connectivity index (χ2v) is 10.1. The summed E-state index contributed by atoms with van der Waals surface area (Å²) in [7, 11) is -0.876. The van der Waals surface area contributed by atoms with E-state index in [-0.39, 0.29) is 0 Å². The zero-order valence-electron chi connectivity index (χ0n) is 17.3. The number of aryl methyl sites for hydroxylation is 1. The normalized spacial score (nSPS) is 15.5. The van der Waals surface area contributed by atoms with Gasteiger partial charge in [-0.1, -0.05) is 44.0 Å².